The Hall–Kier alpha value is -2.51. The van der Waals surface area contributed by atoms with Gasteiger partial charge in [-0.25, -0.2) is 4.98 Å². The van der Waals surface area contributed by atoms with Gasteiger partial charge in [0.05, 0.1) is 33.4 Å². The van der Waals surface area contributed by atoms with Crippen molar-refractivity contribution in [2.75, 3.05) is 0 Å². The van der Waals surface area contributed by atoms with Crippen molar-refractivity contribution in [1.29, 1.82) is 0 Å². The molecule has 0 fully saturated rings. The maximum Gasteiger partial charge on any atom is 0.314 e. The molecule has 0 unspecified atom stereocenters. The van der Waals surface area contributed by atoms with Gasteiger partial charge in [0.15, 0.2) is 0 Å². The summed E-state index contributed by atoms with van der Waals surface area (Å²) in [5, 5.41) is 16.8. The summed E-state index contributed by atoms with van der Waals surface area (Å²) in [6.07, 6.45) is 6.04. The van der Waals surface area contributed by atoms with Gasteiger partial charge >= 0.3 is 5.82 Å². The summed E-state index contributed by atoms with van der Waals surface area (Å²) in [6.45, 7) is 15.4. The lowest BCUT2D eigenvalue weighted by Gasteiger charge is -2.19. The summed E-state index contributed by atoms with van der Waals surface area (Å²) in [5.41, 5.74) is 0.472. The molecule has 8 nitrogen and oxygen atoms in total. The van der Waals surface area contributed by atoms with Crippen LogP contribution in [0.2, 0.25) is 0 Å². The maximum absolute atomic E-state index is 5.46. The third-order valence-electron chi connectivity index (χ3n) is 4.60. The fourth-order valence-corrected chi connectivity index (χ4v) is 2.98. The normalized spacial score (nSPS) is 13.3. The Bertz CT molecular complexity index is 881. The predicted molar refractivity (Wildman–Crippen MR) is 100 cm³/mol. The number of hydrogen-bond acceptors (Lipinski definition) is 5. The van der Waals surface area contributed by atoms with Crippen molar-refractivity contribution in [2.24, 2.45) is 0 Å². The maximum atomic E-state index is 5.46. The molecule has 3 aromatic heterocycles. The van der Waals surface area contributed by atoms with Gasteiger partial charge in [-0.2, -0.15) is 5.10 Å². The zero-order valence-electron chi connectivity index (χ0n) is 17.3. The minimum absolute atomic E-state index is 0.0263. The monoisotopic (exact) mass is 372 g/mol. The highest BCUT2D eigenvalue weighted by Crippen LogP contribution is 2.25. The number of hydrogen-bond donors (Lipinski definition) is 1. The van der Waals surface area contributed by atoms with Crippen LogP contribution in [0.3, 0.4) is 0 Å². The molecule has 27 heavy (non-hydrogen) atoms. The molecule has 0 aliphatic heterocycles. The van der Waals surface area contributed by atoms with E-state index in [1.54, 1.807) is 17.3 Å². The van der Waals surface area contributed by atoms with Crippen molar-refractivity contribution in [1.82, 2.24) is 30.2 Å². The third kappa shape index (κ3) is 4.26. The van der Waals surface area contributed by atoms with E-state index < -0.39 is 0 Å². The molecule has 0 atom stereocenters. The van der Waals surface area contributed by atoms with Gasteiger partial charge < -0.3 is 4.42 Å². The molecule has 0 aliphatic rings. The number of nitrogens with zero attached hydrogens (tertiary/aromatic N) is 6. The van der Waals surface area contributed by atoms with E-state index in [2.05, 4.69) is 74.9 Å². The van der Waals surface area contributed by atoms with Crippen molar-refractivity contribution in [2.45, 2.75) is 77.8 Å². The van der Waals surface area contributed by atoms with E-state index in [0.29, 0.717) is 12.4 Å². The summed E-state index contributed by atoms with van der Waals surface area (Å²) in [6, 6.07) is 2.07. The first-order chi connectivity index (χ1) is 12.5. The van der Waals surface area contributed by atoms with E-state index in [-0.39, 0.29) is 16.4 Å². The number of nitrogens with one attached hydrogen (secondary N) is 1. The molecule has 3 aromatic rings. The average molecular weight is 372 g/mol. The van der Waals surface area contributed by atoms with Gasteiger partial charge in [-0.05, 0) is 64.8 Å². The number of H-pyrrole nitrogens is 1. The SMILES string of the molecule is CC(C)(Cc1ccn(C(C)(C)C)n1)c1n[nH][n+](CC(C)(C)c2ncco2)n1. The highest BCUT2D eigenvalue weighted by atomic mass is 16.3. The van der Waals surface area contributed by atoms with Crippen LogP contribution in [0, 0.1) is 0 Å². The van der Waals surface area contributed by atoms with Gasteiger partial charge in [-0.15, -0.1) is 0 Å². The lowest BCUT2D eigenvalue weighted by molar-refractivity contribution is -0.811. The Morgan fingerprint density at radius 2 is 1.85 bits per heavy atom. The van der Waals surface area contributed by atoms with Crippen LogP contribution in [-0.4, -0.2) is 30.2 Å². The third-order valence-corrected chi connectivity index (χ3v) is 4.60. The summed E-state index contributed by atoms with van der Waals surface area (Å²) < 4.78 is 7.45. The lowest BCUT2D eigenvalue weighted by Crippen LogP contribution is -2.47. The largest absolute Gasteiger partial charge is 0.448 e. The Labute approximate surface area is 160 Å². The molecule has 3 heterocycles. The molecule has 8 heteroatoms. The molecule has 0 spiro atoms. The topological polar surface area (TPSA) is 89.3 Å². The van der Waals surface area contributed by atoms with Crippen LogP contribution >= 0.6 is 0 Å². The molecule has 0 aliphatic carbocycles. The molecule has 146 valence electrons. The fourth-order valence-electron chi connectivity index (χ4n) is 2.98. The summed E-state index contributed by atoms with van der Waals surface area (Å²) in [4.78, 5) is 6.01. The highest BCUT2D eigenvalue weighted by molar-refractivity contribution is 5.10. The first-order valence-corrected chi connectivity index (χ1v) is 9.25. The Kier molecular flexibility index (Phi) is 4.69. The molecule has 0 aromatic carbocycles. The average Bonchev–Trinajstić information content (AvgIpc) is 3.27. The number of aromatic amines is 1. The second-order valence-corrected chi connectivity index (χ2v) is 9.40. The van der Waals surface area contributed by atoms with E-state index in [1.807, 2.05) is 10.9 Å². The quantitative estimate of drug-likeness (QED) is 0.672. The fraction of sp³-hybridized carbons (Fsp3) is 0.632. The predicted octanol–water partition coefficient (Wildman–Crippen LogP) is 2.53. The Morgan fingerprint density at radius 3 is 2.44 bits per heavy atom. The number of aromatic nitrogens is 7. The first kappa shape index (κ1) is 19.3. The minimum atomic E-state index is -0.291. The Balaban J connectivity index is 1.73. The number of rotatable bonds is 6. The molecule has 3 rings (SSSR count). The van der Waals surface area contributed by atoms with Crippen LogP contribution < -0.4 is 4.80 Å². The molecular formula is C19H30N7O+. The van der Waals surface area contributed by atoms with Gasteiger partial charge in [-0.1, -0.05) is 4.80 Å². The molecule has 0 saturated carbocycles. The smallest absolute Gasteiger partial charge is 0.314 e. The van der Waals surface area contributed by atoms with Crippen LogP contribution in [0.1, 0.15) is 65.9 Å². The summed E-state index contributed by atoms with van der Waals surface area (Å²) in [7, 11) is 0. The second-order valence-electron chi connectivity index (χ2n) is 9.40. The van der Waals surface area contributed by atoms with Crippen LogP contribution in [0.25, 0.3) is 0 Å². The first-order valence-electron chi connectivity index (χ1n) is 9.25. The van der Waals surface area contributed by atoms with Crippen molar-refractivity contribution in [3.63, 3.8) is 0 Å². The van der Waals surface area contributed by atoms with Gasteiger partial charge in [0, 0.05) is 12.6 Å². The zero-order chi connectivity index (χ0) is 19.9. The van der Waals surface area contributed by atoms with E-state index in [1.165, 1.54) is 0 Å². The van der Waals surface area contributed by atoms with Crippen molar-refractivity contribution < 1.29 is 9.21 Å². The van der Waals surface area contributed by atoms with Gasteiger partial charge in [-0.3, -0.25) is 4.68 Å². The molecule has 0 saturated heterocycles. The molecule has 1 N–H and O–H groups in total. The highest BCUT2D eigenvalue weighted by Gasteiger charge is 2.36. The molecule has 0 bridgehead atoms. The van der Waals surface area contributed by atoms with Crippen LogP contribution in [0.15, 0.2) is 29.1 Å². The summed E-state index contributed by atoms with van der Waals surface area (Å²) >= 11 is 0. The van der Waals surface area contributed by atoms with Gasteiger partial charge in [0.25, 0.3) is 0 Å². The Morgan fingerprint density at radius 1 is 1.11 bits per heavy atom. The van der Waals surface area contributed by atoms with E-state index in [0.717, 1.165) is 17.9 Å². The number of tetrazole rings is 1. The number of oxazole rings is 1. The molecule has 0 radical (unpaired) electrons. The van der Waals surface area contributed by atoms with Gasteiger partial charge in [0.1, 0.15) is 12.8 Å². The standard InChI is InChI=1S/C19H29N7O/c1-17(2,3)25-10-8-14(22-25)12-18(4,5)15-21-24-26(23-15)13-19(6,7)16-20-9-11-27-16/h8-11H,12-13H2,1-7H3/p+1. The summed E-state index contributed by atoms with van der Waals surface area (Å²) in [5.74, 6) is 1.44. The van der Waals surface area contributed by atoms with Gasteiger partial charge in [0.2, 0.25) is 5.89 Å². The van der Waals surface area contributed by atoms with Crippen LogP contribution in [0.5, 0.6) is 0 Å². The van der Waals surface area contributed by atoms with E-state index >= 15 is 0 Å². The second kappa shape index (κ2) is 6.58. The van der Waals surface area contributed by atoms with E-state index in [9.17, 15) is 0 Å². The zero-order valence-corrected chi connectivity index (χ0v) is 17.3. The minimum Gasteiger partial charge on any atom is -0.448 e. The van der Waals surface area contributed by atoms with Crippen LogP contribution in [0.4, 0.5) is 0 Å². The lowest BCUT2D eigenvalue weighted by atomic mass is 9.87. The van der Waals surface area contributed by atoms with Crippen molar-refractivity contribution >= 4 is 0 Å². The van der Waals surface area contributed by atoms with Crippen LogP contribution in [-0.2, 0) is 29.3 Å². The van der Waals surface area contributed by atoms with Crippen molar-refractivity contribution in [3.05, 3.63) is 42.1 Å². The van der Waals surface area contributed by atoms with E-state index in [4.69, 9.17) is 9.52 Å². The molecule has 0 amide bonds. The van der Waals surface area contributed by atoms with Crippen molar-refractivity contribution in [3.8, 4) is 0 Å². The molecular weight excluding hydrogens is 342 g/mol.